The first-order valence-electron chi connectivity index (χ1n) is 11.3. The maximum absolute atomic E-state index is 12.9. The Kier molecular flexibility index (Phi) is 9.28. The molecule has 0 N–H and O–H groups in total. The summed E-state index contributed by atoms with van der Waals surface area (Å²) in [5, 5.41) is 0.757. The molecule has 3 amide bonds. The lowest BCUT2D eigenvalue weighted by molar-refractivity contribution is -0.135. The average molecular weight is 633 g/mol. The molecule has 6 nitrogen and oxygen atoms in total. The monoisotopic (exact) mass is 630 g/mol. The zero-order chi connectivity index (χ0) is 25.8. The highest BCUT2D eigenvalue weighted by atomic mass is 79.9. The highest BCUT2D eigenvalue weighted by Crippen LogP contribution is 2.38. The van der Waals surface area contributed by atoms with Crippen molar-refractivity contribution in [2.75, 3.05) is 19.6 Å². The van der Waals surface area contributed by atoms with Crippen LogP contribution in [0.25, 0.3) is 6.08 Å². The largest absolute Gasteiger partial charge is 0.486 e. The first-order chi connectivity index (χ1) is 17.2. The van der Waals surface area contributed by atoms with Gasteiger partial charge < -0.3 is 9.64 Å². The van der Waals surface area contributed by atoms with Crippen molar-refractivity contribution in [3.63, 3.8) is 0 Å². The molecule has 0 bridgehead atoms. The normalized spacial score (nSPS) is 17.6. The van der Waals surface area contributed by atoms with Crippen LogP contribution in [-0.2, 0) is 16.2 Å². The lowest BCUT2D eigenvalue weighted by Gasteiger charge is -2.22. The van der Waals surface area contributed by atoms with Crippen molar-refractivity contribution in [3.05, 3.63) is 65.9 Å². The fraction of sp³-hybridized carbons (Fsp3) is 0.320. The van der Waals surface area contributed by atoms with Crippen LogP contribution in [0.3, 0.4) is 0 Å². The van der Waals surface area contributed by atoms with Gasteiger partial charge in [0.2, 0.25) is 5.91 Å². The summed E-state index contributed by atoms with van der Waals surface area (Å²) in [6.45, 7) is 1.31. The molecular formula is C25H22BrCl3N2O4S. The van der Waals surface area contributed by atoms with Crippen LogP contribution < -0.4 is 4.74 Å². The number of hydrogen-bond acceptors (Lipinski definition) is 5. The molecule has 0 spiro atoms. The van der Waals surface area contributed by atoms with Gasteiger partial charge in [-0.2, -0.15) is 0 Å². The highest BCUT2D eigenvalue weighted by Gasteiger charge is 2.37. The second kappa shape index (κ2) is 12.2. The summed E-state index contributed by atoms with van der Waals surface area (Å²) < 4.78 is 6.44. The van der Waals surface area contributed by atoms with Gasteiger partial charge in [-0.15, -0.1) is 0 Å². The Hall–Kier alpha value is -1.71. The molecular weight excluding hydrogens is 611 g/mol. The summed E-state index contributed by atoms with van der Waals surface area (Å²) in [6.07, 6.45) is 5.64. The Morgan fingerprint density at radius 1 is 1.00 bits per heavy atom. The standard InChI is InChI=1S/C25H22BrCl3N2O4S/c26-17-9-16(11-20(29)23(17)35-14-15-5-6-18(27)19(28)10-15)12-21-24(33)31(25(34)36-21)13-22(32)30-7-3-1-2-4-8-30/h5-6,9-12H,1-4,7-8,13-14H2. The number of carbonyl (C=O) groups is 3. The number of thioether (sulfide) groups is 1. The molecule has 0 atom stereocenters. The molecule has 2 aliphatic heterocycles. The summed E-state index contributed by atoms with van der Waals surface area (Å²) in [6, 6.07) is 8.60. The van der Waals surface area contributed by atoms with E-state index in [0.717, 1.165) is 47.9 Å². The van der Waals surface area contributed by atoms with Crippen molar-refractivity contribution < 1.29 is 19.1 Å². The molecule has 0 saturated carbocycles. The van der Waals surface area contributed by atoms with E-state index in [9.17, 15) is 14.4 Å². The Morgan fingerprint density at radius 2 is 1.72 bits per heavy atom. The van der Waals surface area contributed by atoms with Gasteiger partial charge in [0.25, 0.3) is 11.1 Å². The lowest BCUT2D eigenvalue weighted by atomic mass is 10.2. The minimum atomic E-state index is -0.486. The van der Waals surface area contributed by atoms with E-state index >= 15 is 0 Å². The van der Waals surface area contributed by atoms with Crippen molar-refractivity contribution in [1.29, 1.82) is 0 Å². The fourth-order valence-corrected chi connectivity index (χ4v) is 6.08. The number of benzene rings is 2. The summed E-state index contributed by atoms with van der Waals surface area (Å²) in [4.78, 5) is 41.1. The summed E-state index contributed by atoms with van der Waals surface area (Å²) >= 11 is 22.7. The lowest BCUT2D eigenvalue weighted by Crippen LogP contribution is -2.42. The molecule has 2 fully saturated rings. The molecule has 0 unspecified atom stereocenters. The fourth-order valence-electron chi connectivity index (χ4n) is 3.93. The van der Waals surface area contributed by atoms with E-state index in [1.165, 1.54) is 0 Å². The minimum absolute atomic E-state index is 0.199. The average Bonchev–Trinajstić information content (AvgIpc) is 3.02. The van der Waals surface area contributed by atoms with Crippen LogP contribution >= 0.6 is 62.5 Å². The van der Waals surface area contributed by atoms with Crippen molar-refractivity contribution in [2.24, 2.45) is 0 Å². The van der Waals surface area contributed by atoms with E-state index in [4.69, 9.17) is 39.5 Å². The van der Waals surface area contributed by atoms with E-state index in [2.05, 4.69) is 15.9 Å². The zero-order valence-corrected chi connectivity index (χ0v) is 23.7. The Labute approximate surface area is 237 Å². The number of amides is 3. The van der Waals surface area contributed by atoms with Crippen LogP contribution in [0.1, 0.15) is 36.8 Å². The molecule has 0 radical (unpaired) electrons. The minimum Gasteiger partial charge on any atom is -0.486 e. The Balaban J connectivity index is 1.44. The topological polar surface area (TPSA) is 66.9 Å². The van der Waals surface area contributed by atoms with Crippen molar-refractivity contribution in [2.45, 2.75) is 32.3 Å². The molecule has 2 aliphatic rings. The number of halogens is 4. The van der Waals surface area contributed by atoms with E-state index in [-0.39, 0.29) is 24.0 Å². The van der Waals surface area contributed by atoms with Crippen LogP contribution in [0.5, 0.6) is 5.75 Å². The number of hydrogen-bond donors (Lipinski definition) is 0. The quantitative estimate of drug-likeness (QED) is 0.310. The number of carbonyl (C=O) groups excluding carboxylic acids is 3. The maximum Gasteiger partial charge on any atom is 0.294 e. The van der Waals surface area contributed by atoms with Crippen LogP contribution in [0, 0.1) is 0 Å². The first-order valence-corrected chi connectivity index (χ1v) is 14.1. The molecule has 2 aromatic carbocycles. The van der Waals surface area contributed by atoms with Crippen LogP contribution in [0.15, 0.2) is 39.7 Å². The third-order valence-corrected chi connectivity index (χ3v) is 8.33. The smallest absolute Gasteiger partial charge is 0.294 e. The second-order valence-electron chi connectivity index (χ2n) is 8.41. The number of rotatable bonds is 6. The molecule has 2 aromatic rings. The molecule has 2 heterocycles. The van der Waals surface area contributed by atoms with E-state index in [0.29, 0.717) is 43.9 Å². The van der Waals surface area contributed by atoms with Gasteiger partial charge in [0.1, 0.15) is 13.2 Å². The van der Waals surface area contributed by atoms with Gasteiger partial charge >= 0.3 is 0 Å². The van der Waals surface area contributed by atoms with Crippen LogP contribution in [0.2, 0.25) is 15.1 Å². The van der Waals surface area contributed by atoms with Gasteiger partial charge in [-0.05, 0) is 82.0 Å². The van der Waals surface area contributed by atoms with Crippen LogP contribution in [0.4, 0.5) is 4.79 Å². The van der Waals surface area contributed by atoms with Gasteiger partial charge in [0.05, 0.1) is 24.4 Å². The van der Waals surface area contributed by atoms with Crippen LogP contribution in [-0.4, -0.2) is 46.5 Å². The van der Waals surface area contributed by atoms with Gasteiger partial charge in [-0.3, -0.25) is 19.3 Å². The molecule has 0 aliphatic carbocycles. The summed E-state index contributed by atoms with van der Waals surface area (Å²) in [5.41, 5.74) is 1.43. The van der Waals surface area contributed by atoms with Crippen molar-refractivity contribution >= 4 is 85.6 Å². The second-order valence-corrected chi connectivity index (χ2v) is 11.5. The third-order valence-electron chi connectivity index (χ3n) is 5.81. The maximum atomic E-state index is 12.9. The van der Waals surface area contributed by atoms with E-state index < -0.39 is 11.1 Å². The SMILES string of the molecule is O=C(CN1C(=O)SC(=Cc2cc(Cl)c(OCc3ccc(Cl)c(Cl)c3)c(Br)c2)C1=O)N1CCCCCC1. The number of likely N-dealkylation sites (tertiary alicyclic amines) is 1. The van der Waals surface area contributed by atoms with Gasteiger partial charge in [-0.1, -0.05) is 53.7 Å². The van der Waals surface area contributed by atoms with Crippen molar-refractivity contribution in [1.82, 2.24) is 9.80 Å². The summed E-state index contributed by atoms with van der Waals surface area (Å²) in [7, 11) is 0. The number of ether oxygens (including phenoxy) is 1. The first kappa shape index (κ1) is 27.3. The highest BCUT2D eigenvalue weighted by molar-refractivity contribution is 9.10. The predicted octanol–water partition coefficient (Wildman–Crippen LogP) is 7.43. The van der Waals surface area contributed by atoms with E-state index in [1.807, 2.05) is 0 Å². The van der Waals surface area contributed by atoms with Gasteiger partial charge in [0.15, 0.2) is 5.75 Å². The van der Waals surface area contributed by atoms with Crippen molar-refractivity contribution in [3.8, 4) is 5.75 Å². The number of imide groups is 1. The van der Waals surface area contributed by atoms with Gasteiger partial charge in [0, 0.05) is 13.1 Å². The molecule has 0 aromatic heterocycles. The summed E-state index contributed by atoms with van der Waals surface area (Å²) in [5.74, 6) is -0.258. The molecule has 190 valence electrons. The molecule has 2 saturated heterocycles. The van der Waals surface area contributed by atoms with Gasteiger partial charge in [-0.25, -0.2) is 0 Å². The Morgan fingerprint density at radius 3 is 2.39 bits per heavy atom. The Bertz CT molecular complexity index is 1210. The molecule has 11 heteroatoms. The molecule has 4 rings (SSSR count). The molecule has 36 heavy (non-hydrogen) atoms. The predicted molar refractivity (Wildman–Crippen MR) is 148 cm³/mol. The number of nitrogens with zero attached hydrogens (tertiary/aromatic N) is 2. The third kappa shape index (κ3) is 6.58. The zero-order valence-electron chi connectivity index (χ0n) is 19.1. The van der Waals surface area contributed by atoms with E-state index in [1.54, 1.807) is 41.3 Å².